The lowest BCUT2D eigenvalue weighted by molar-refractivity contribution is 0.0618. The zero-order valence-electron chi connectivity index (χ0n) is 12.5. The predicted molar refractivity (Wildman–Crippen MR) is 81.7 cm³/mol. The van der Waals surface area contributed by atoms with Crippen molar-refractivity contribution >= 4 is 5.91 Å². The van der Waals surface area contributed by atoms with Gasteiger partial charge in [-0.3, -0.25) is 14.5 Å². The molecule has 1 saturated heterocycles. The van der Waals surface area contributed by atoms with Gasteiger partial charge in [0.2, 0.25) is 0 Å². The van der Waals surface area contributed by atoms with Crippen LogP contribution in [0.3, 0.4) is 0 Å². The maximum absolute atomic E-state index is 12.4. The molecule has 0 saturated carbocycles. The van der Waals surface area contributed by atoms with Crippen molar-refractivity contribution in [1.82, 2.24) is 14.8 Å². The predicted octanol–water partition coefficient (Wildman–Crippen LogP) is 1.23. The first-order valence-corrected chi connectivity index (χ1v) is 7.37. The van der Waals surface area contributed by atoms with E-state index < -0.39 is 0 Å². The summed E-state index contributed by atoms with van der Waals surface area (Å²) in [6.07, 6.45) is 3.17. The molecule has 6 heteroatoms. The summed E-state index contributed by atoms with van der Waals surface area (Å²) in [5.74, 6) is 0.730. The van der Waals surface area contributed by atoms with Gasteiger partial charge in [-0.2, -0.15) is 0 Å². The van der Waals surface area contributed by atoms with E-state index in [1.54, 1.807) is 18.1 Å². The molecule has 116 valence electrons. The number of carbonyl (C=O) groups is 1. The van der Waals surface area contributed by atoms with E-state index in [2.05, 4.69) is 9.88 Å². The highest BCUT2D eigenvalue weighted by Gasteiger charge is 2.24. The largest absolute Gasteiger partial charge is 0.468 e. The zero-order valence-corrected chi connectivity index (χ0v) is 12.5. The van der Waals surface area contributed by atoms with E-state index in [4.69, 9.17) is 4.42 Å². The maximum Gasteiger partial charge on any atom is 0.259 e. The molecule has 3 heterocycles. The lowest BCUT2D eigenvalue weighted by Gasteiger charge is -2.34. The van der Waals surface area contributed by atoms with Gasteiger partial charge in [-0.1, -0.05) is 0 Å². The van der Waals surface area contributed by atoms with Crippen LogP contribution >= 0.6 is 0 Å². The van der Waals surface area contributed by atoms with Gasteiger partial charge in [-0.15, -0.1) is 0 Å². The van der Waals surface area contributed by atoms with Crippen LogP contribution in [0.2, 0.25) is 0 Å². The number of pyridine rings is 1. The number of aromatic amines is 1. The molecular formula is C16H19N3O3. The fraction of sp³-hybridized carbons (Fsp3) is 0.375. The molecule has 1 amide bonds. The Morgan fingerprint density at radius 2 is 2.09 bits per heavy atom. The van der Waals surface area contributed by atoms with Gasteiger partial charge in [-0.25, -0.2) is 0 Å². The van der Waals surface area contributed by atoms with Crippen LogP contribution in [-0.2, 0) is 6.54 Å². The van der Waals surface area contributed by atoms with Crippen LogP contribution in [0.1, 0.15) is 21.8 Å². The average Bonchev–Trinajstić information content (AvgIpc) is 3.00. The van der Waals surface area contributed by atoms with Crippen LogP contribution < -0.4 is 5.43 Å². The van der Waals surface area contributed by atoms with Gasteiger partial charge in [-0.05, 0) is 19.1 Å². The van der Waals surface area contributed by atoms with Crippen molar-refractivity contribution in [1.29, 1.82) is 0 Å². The van der Waals surface area contributed by atoms with E-state index in [9.17, 15) is 9.59 Å². The second-order valence-corrected chi connectivity index (χ2v) is 5.54. The molecule has 0 atom stereocenters. The second kappa shape index (κ2) is 6.19. The molecule has 0 aliphatic carbocycles. The number of hydrogen-bond donors (Lipinski definition) is 1. The number of nitrogens with zero attached hydrogens (tertiary/aromatic N) is 2. The van der Waals surface area contributed by atoms with Gasteiger partial charge >= 0.3 is 0 Å². The van der Waals surface area contributed by atoms with Crippen molar-refractivity contribution in [2.45, 2.75) is 13.5 Å². The lowest BCUT2D eigenvalue weighted by atomic mass is 10.2. The number of piperazine rings is 1. The Balaban J connectivity index is 1.61. The molecule has 2 aromatic heterocycles. The van der Waals surface area contributed by atoms with E-state index in [1.165, 1.54) is 12.3 Å². The molecule has 6 nitrogen and oxygen atoms in total. The highest BCUT2D eigenvalue weighted by molar-refractivity contribution is 5.93. The van der Waals surface area contributed by atoms with E-state index in [1.807, 2.05) is 12.1 Å². The van der Waals surface area contributed by atoms with Crippen molar-refractivity contribution in [3.63, 3.8) is 0 Å². The number of aryl methyl sites for hydroxylation is 1. The van der Waals surface area contributed by atoms with Crippen LogP contribution in [0, 0.1) is 6.92 Å². The molecule has 22 heavy (non-hydrogen) atoms. The SMILES string of the molecule is Cc1cc(=O)c(C(=O)N2CCN(Cc3ccco3)CC2)c[nH]1. The molecule has 3 rings (SSSR count). The minimum absolute atomic E-state index is 0.195. The van der Waals surface area contributed by atoms with Gasteiger partial charge < -0.3 is 14.3 Å². The van der Waals surface area contributed by atoms with Crippen molar-refractivity contribution in [2.24, 2.45) is 0 Å². The summed E-state index contributed by atoms with van der Waals surface area (Å²) in [7, 11) is 0. The minimum Gasteiger partial charge on any atom is -0.468 e. The zero-order chi connectivity index (χ0) is 15.5. The minimum atomic E-state index is -0.223. The van der Waals surface area contributed by atoms with Crippen molar-refractivity contribution in [3.8, 4) is 0 Å². The van der Waals surface area contributed by atoms with E-state index in [0.717, 1.165) is 31.1 Å². The Labute approximate surface area is 128 Å². The van der Waals surface area contributed by atoms with Gasteiger partial charge in [0.25, 0.3) is 5.91 Å². The molecule has 0 bridgehead atoms. The molecule has 0 unspecified atom stereocenters. The first-order valence-electron chi connectivity index (χ1n) is 7.37. The third-order valence-corrected chi connectivity index (χ3v) is 3.91. The molecule has 1 aliphatic heterocycles. The molecule has 1 aliphatic rings. The Bertz CT molecular complexity index is 698. The fourth-order valence-corrected chi connectivity index (χ4v) is 2.64. The van der Waals surface area contributed by atoms with Crippen LogP contribution in [0.5, 0.6) is 0 Å². The van der Waals surface area contributed by atoms with Gasteiger partial charge in [0.1, 0.15) is 11.3 Å². The number of aromatic nitrogens is 1. The number of nitrogens with one attached hydrogen (secondary N) is 1. The van der Waals surface area contributed by atoms with Crippen molar-refractivity contribution in [3.05, 3.63) is 57.9 Å². The van der Waals surface area contributed by atoms with Crippen molar-refractivity contribution in [2.75, 3.05) is 26.2 Å². The number of hydrogen-bond acceptors (Lipinski definition) is 4. The normalized spacial score (nSPS) is 16.0. The maximum atomic E-state index is 12.4. The first kappa shape index (κ1) is 14.6. The first-order chi connectivity index (χ1) is 10.6. The molecule has 0 radical (unpaired) electrons. The molecule has 2 aromatic rings. The van der Waals surface area contributed by atoms with Crippen LogP contribution in [-0.4, -0.2) is 46.9 Å². The third-order valence-electron chi connectivity index (χ3n) is 3.91. The van der Waals surface area contributed by atoms with Gasteiger partial charge in [0.05, 0.1) is 12.8 Å². The fourth-order valence-electron chi connectivity index (χ4n) is 2.64. The molecule has 0 aromatic carbocycles. The highest BCUT2D eigenvalue weighted by atomic mass is 16.3. The molecule has 1 N–H and O–H groups in total. The van der Waals surface area contributed by atoms with E-state index in [0.29, 0.717) is 13.1 Å². The number of rotatable bonds is 3. The van der Waals surface area contributed by atoms with Crippen molar-refractivity contribution < 1.29 is 9.21 Å². The Kier molecular flexibility index (Phi) is 4.11. The Morgan fingerprint density at radius 3 is 2.73 bits per heavy atom. The summed E-state index contributed by atoms with van der Waals surface area (Å²) >= 11 is 0. The third kappa shape index (κ3) is 3.12. The lowest BCUT2D eigenvalue weighted by Crippen LogP contribution is -2.49. The summed E-state index contributed by atoms with van der Waals surface area (Å²) in [6.45, 7) is 5.33. The number of furan rings is 1. The smallest absolute Gasteiger partial charge is 0.259 e. The van der Waals surface area contributed by atoms with Crippen LogP contribution in [0.15, 0.2) is 39.9 Å². The average molecular weight is 301 g/mol. The second-order valence-electron chi connectivity index (χ2n) is 5.54. The van der Waals surface area contributed by atoms with Gasteiger partial charge in [0, 0.05) is 44.1 Å². The summed E-state index contributed by atoms with van der Waals surface area (Å²) in [6, 6.07) is 5.28. The summed E-state index contributed by atoms with van der Waals surface area (Å²) in [5.41, 5.74) is 0.745. The van der Waals surface area contributed by atoms with Crippen LogP contribution in [0.4, 0.5) is 0 Å². The Hall–Kier alpha value is -2.34. The highest BCUT2D eigenvalue weighted by Crippen LogP contribution is 2.10. The molecular weight excluding hydrogens is 282 g/mol. The Morgan fingerprint density at radius 1 is 1.32 bits per heavy atom. The van der Waals surface area contributed by atoms with E-state index in [-0.39, 0.29) is 16.9 Å². The van der Waals surface area contributed by atoms with E-state index >= 15 is 0 Å². The quantitative estimate of drug-likeness (QED) is 0.926. The summed E-state index contributed by atoms with van der Waals surface area (Å²) in [4.78, 5) is 31.2. The van der Waals surface area contributed by atoms with Crippen LogP contribution in [0.25, 0.3) is 0 Å². The number of carbonyl (C=O) groups excluding carboxylic acids is 1. The summed E-state index contributed by atoms with van der Waals surface area (Å²) < 4.78 is 5.34. The standard InChI is InChI=1S/C16H19N3O3/c1-12-9-15(20)14(10-17-12)16(21)19-6-4-18(5-7-19)11-13-3-2-8-22-13/h2-3,8-10H,4-7,11H2,1H3,(H,17,20). The molecule has 1 fully saturated rings. The van der Waals surface area contributed by atoms with Gasteiger partial charge in [0.15, 0.2) is 5.43 Å². The topological polar surface area (TPSA) is 69.6 Å². The number of H-pyrrole nitrogens is 1. The number of amides is 1. The monoisotopic (exact) mass is 301 g/mol. The summed E-state index contributed by atoms with van der Waals surface area (Å²) in [5, 5.41) is 0. The molecule has 0 spiro atoms.